The molecule has 1 aromatic carbocycles. The van der Waals surface area contributed by atoms with Crippen LogP contribution in [-0.4, -0.2) is 60.1 Å². The quantitative estimate of drug-likeness (QED) is 0.674. The van der Waals surface area contributed by atoms with Crippen LogP contribution in [0.3, 0.4) is 0 Å². The first-order chi connectivity index (χ1) is 9.69. The minimum absolute atomic E-state index is 0.112. The highest BCUT2D eigenvalue weighted by molar-refractivity contribution is 6.06. The van der Waals surface area contributed by atoms with E-state index in [-0.39, 0.29) is 11.3 Å². The molecule has 1 N–H and O–H groups in total. The molecule has 0 radical (unpaired) electrons. The minimum atomic E-state index is -1.03. The molecule has 1 aromatic rings. The molecule has 0 aromatic heterocycles. The molecule has 6 nitrogen and oxygen atoms in total. The molecule has 0 spiro atoms. The fourth-order valence-corrected chi connectivity index (χ4v) is 2.31. The highest BCUT2D eigenvalue weighted by Gasteiger charge is 2.21. The summed E-state index contributed by atoms with van der Waals surface area (Å²) < 4.78 is 3.84. The van der Waals surface area contributed by atoms with Crippen LogP contribution in [0.5, 0.6) is 5.75 Å². The average molecular weight is 301 g/mol. The van der Waals surface area contributed by atoms with Crippen LogP contribution >= 0.6 is 11.9 Å². The van der Waals surface area contributed by atoms with Crippen LogP contribution in [0.1, 0.15) is 10.4 Å². The van der Waals surface area contributed by atoms with Gasteiger partial charge >= 0.3 is 5.97 Å². The van der Waals surface area contributed by atoms with Crippen molar-refractivity contribution in [1.29, 1.82) is 0 Å². The number of benzene rings is 1. The van der Waals surface area contributed by atoms with Crippen LogP contribution < -0.4 is 4.89 Å². The Labute approximate surface area is 122 Å². The molecule has 110 valence electrons. The summed E-state index contributed by atoms with van der Waals surface area (Å²) in [6.07, 6.45) is 0. The monoisotopic (exact) mass is 300 g/mol. The Morgan fingerprint density at radius 2 is 1.65 bits per heavy atom. The molecule has 0 atom stereocenters. The van der Waals surface area contributed by atoms with Gasteiger partial charge in [-0.1, -0.05) is 10.5 Å². The van der Waals surface area contributed by atoms with Crippen molar-refractivity contribution in [3.8, 4) is 5.75 Å². The number of halogens is 1. The van der Waals surface area contributed by atoms with Crippen LogP contribution in [0, 0.1) is 0 Å². The van der Waals surface area contributed by atoms with Crippen molar-refractivity contribution in [2.24, 2.45) is 0 Å². The van der Waals surface area contributed by atoms with Crippen LogP contribution in [0.4, 0.5) is 0 Å². The molecule has 7 heteroatoms. The summed E-state index contributed by atoms with van der Waals surface area (Å²) in [5, 5.41) is 8.55. The van der Waals surface area contributed by atoms with E-state index in [0.29, 0.717) is 0 Å². The number of carboxylic acids is 1. The maximum absolute atomic E-state index is 10.4. The first kappa shape index (κ1) is 15.1. The van der Waals surface area contributed by atoms with Gasteiger partial charge in [0.05, 0.1) is 5.56 Å². The van der Waals surface area contributed by atoms with Gasteiger partial charge in [0.2, 0.25) is 0 Å². The van der Waals surface area contributed by atoms with Gasteiger partial charge in [-0.3, -0.25) is 9.80 Å². The molecule has 3 fully saturated rings. The summed E-state index contributed by atoms with van der Waals surface area (Å²) in [6.45, 7) is 7.92. The summed E-state index contributed by atoms with van der Waals surface area (Å²) in [5.41, 5.74) is 0.112. The lowest BCUT2D eigenvalue weighted by Gasteiger charge is -2.41. The standard InChI is InChI=1S/C7H5ClO4.C6H12N2/c8-12-11-6-3-1-2-5(4-6)7(9)10;1-2-8-5-3-7(1)4-6-8/h1-4H,(H,9,10);1-6H2. The molecule has 2 bridgehead atoms. The van der Waals surface area contributed by atoms with E-state index < -0.39 is 5.97 Å². The third kappa shape index (κ3) is 4.35. The maximum Gasteiger partial charge on any atom is 0.335 e. The summed E-state index contributed by atoms with van der Waals surface area (Å²) in [7, 11) is 0. The van der Waals surface area contributed by atoms with Gasteiger partial charge in [0.1, 0.15) is 11.9 Å². The molecular weight excluding hydrogens is 284 g/mol. The molecule has 0 unspecified atom stereocenters. The second kappa shape index (κ2) is 7.44. The Morgan fingerprint density at radius 3 is 2.05 bits per heavy atom. The topological polar surface area (TPSA) is 62.2 Å². The van der Waals surface area contributed by atoms with Gasteiger partial charge in [-0.05, 0) is 18.2 Å². The van der Waals surface area contributed by atoms with E-state index in [4.69, 9.17) is 17.0 Å². The highest BCUT2D eigenvalue weighted by Crippen LogP contribution is 2.13. The molecule has 3 saturated heterocycles. The number of piperazine rings is 3. The minimum Gasteiger partial charge on any atom is -0.478 e. The van der Waals surface area contributed by atoms with Crippen molar-refractivity contribution >= 4 is 17.8 Å². The van der Waals surface area contributed by atoms with Crippen molar-refractivity contribution in [2.45, 2.75) is 0 Å². The maximum atomic E-state index is 10.4. The lowest BCUT2D eigenvalue weighted by atomic mass is 10.2. The molecule has 0 aliphatic carbocycles. The predicted molar refractivity (Wildman–Crippen MR) is 73.8 cm³/mol. The van der Waals surface area contributed by atoms with E-state index >= 15 is 0 Å². The number of carboxylic acid groups (broad SMARTS) is 1. The van der Waals surface area contributed by atoms with Gasteiger partial charge < -0.3 is 9.99 Å². The van der Waals surface area contributed by atoms with Gasteiger partial charge in [0, 0.05) is 39.3 Å². The molecule has 20 heavy (non-hydrogen) atoms. The van der Waals surface area contributed by atoms with Crippen LogP contribution in [0.15, 0.2) is 24.3 Å². The zero-order valence-electron chi connectivity index (χ0n) is 11.0. The molecule has 0 saturated carbocycles. The van der Waals surface area contributed by atoms with Crippen LogP contribution in [-0.2, 0) is 4.44 Å². The fraction of sp³-hybridized carbons (Fsp3) is 0.462. The third-order valence-electron chi connectivity index (χ3n) is 3.41. The van der Waals surface area contributed by atoms with Crippen molar-refractivity contribution in [2.75, 3.05) is 39.3 Å². The summed E-state index contributed by atoms with van der Waals surface area (Å²) in [4.78, 5) is 19.9. The Balaban J connectivity index is 0.000000157. The molecule has 3 aliphatic heterocycles. The zero-order valence-corrected chi connectivity index (χ0v) is 11.8. The molecule has 3 heterocycles. The third-order valence-corrected chi connectivity index (χ3v) is 3.47. The molecular formula is C13H17ClN2O4. The van der Waals surface area contributed by atoms with E-state index in [1.54, 1.807) is 0 Å². The van der Waals surface area contributed by atoms with Crippen LogP contribution in [0.25, 0.3) is 0 Å². The number of aromatic carboxylic acids is 1. The lowest BCUT2D eigenvalue weighted by molar-refractivity contribution is -0.0919. The zero-order chi connectivity index (χ0) is 14.4. The number of rotatable bonds is 3. The summed E-state index contributed by atoms with van der Waals surface area (Å²) in [5.74, 6) is -0.792. The van der Waals surface area contributed by atoms with E-state index in [0.717, 1.165) is 0 Å². The molecule has 3 aliphatic rings. The van der Waals surface area contributed by atoms with Crippen molar-refractivity contribution in [1.82, 2.24) is 9.80 Å². The van der Waals surface area contributed by atoms with Gasteiger partial charge in [0.25, 0.3) is 0 Å². The number of hydrogen-bond acceptors (Lipinski definition) is 5. The lowest BCUT2D eigenvalue weighted by Crippen LogP contribution is -2.55. The second-order valence-corrected chi connectivity index (χ2v) is 4.79. The van der Waals surface area contributed by atoms with E-state index in [9.17, 15) is 4.79 Å². The van der Waals surface area contributed by atoms with Crippen molar-refractivity contribution < 1.29 is 19.2 Å². The van der Waals surface area contributed by atoms with Gasteiger partial charge in [-0.15, -0.1) is 0 Å². The van der Waals surface area contributed by atoms with Gasteiger partial charge in [-0.2, -0.15) is 0 Å². The highest BCUT2D eigenvalue weighted by atomic mass is 35.5. The second-order valence-electron chi connectivity index (χ2n) is 4.66. The SMILES string of the molecule is C1CN2CCN1CC2.O=C(O)c1cccc(OOCl)c1. The first-order valence-electron chi connectivity index (χ1n) is 6.42. The Bertz CT molecular complexity index is 427. The fourth-order valence-electron chi connectivity index (χ4n) is 2.24. The average Bonchev–Trinajstić information content (AvgIpc) is 2.50. The number of hydrogen-bond donors (Lipinski definition) is 1. The largest absolute Gasteiger partial charge is 0.478 e. The van der Waals surface area contributed by atoms with E-state index in [2.05, 4.69) is 19.1 Å². The number of fused-ring (bicyclic) bond motifs is 3. The Morgan fingerprint density at radius 1 is 1.10 bits per heavy atom. The van der Waals surface area contributed by atoms with Gasteiger partial charge in [-0.25, -0.2) is 4.79 Å². The smallest absolute Gasteiger partial charge is 0.335 e. The Hall–Kier alpha value is -1.34. The Kier molecular flexibility index (Phi) is 5.60. The summed E-state index contributed by atoms with van der Waals surface area (Å²) >= 11 is 4.80. The van der Waals surface area contributed by atoms with Crippen LogP contribution in [0.2, 0.25) is 0 Å². The normalized spacial score (nSPS) is 23.6. The molecule has 4 rings (SSSR count). The number of carbonyl (C=O) groups is 1. The van der Waals surface area contributed by atoms with E-state index in [1.807, 2.05) is 0 Å². The van der Waals surface area contributed by atoms with E-state index in [1.165, 1.54) is 63.5 Å². The van der Waals surface area contributed by atoms with Gasteiger partial charge in [0.15, 0.2) is 5.75 Å². The predicted octanol–water partition coefficient (Wildman–Crippen LogP) is 1.47. The van der Waals surface area contributed by atoms with Crippen molar-refractivity contribution in [3.05, 3.63) is 29.8 Å². The summed E-state index contributed by atoms with van der Waals surface area (Å²) in [6, 6.07) is 5.78. The first-order valence-corrected chi connectivity index (χ1v) is 6.73. The number of nitrogens with zero attached hydrogens (tertiary/aromatic N) is 2. The molecule has 0 amide bonds. The van der Waals surface area contributed by atoms with Crippen molar-refractivity contribution in [3.63, 3.8) is 0 Å².